The van der Waals surface area contributed by atoms with E-state index in [1.54, 1.807) is 24.3 Å². The van der Waals surface area contributed by atoms with E-state index in [0.29, 0.717) is 16.2 Å². The molecule has 0 spiro atoms. The first-order chi connectivity index (χ1) is 13.4. The van der Waals surface area contributed by atoms with Gasteiger partial charge in [0.2, 0.25) is 0 Å². The van der Waals surface area contributed by atoms with Gasteiger partial charge in [0.15, 0.2) is 0 Å². The Morgan fingerprint density at radius 3 is 2.50 bits per heavy atom. The van der Waals surface area contributed by atoms with Gasteiger partial charge in [-0.2, -0.15) is 0 Å². The molecule has 1 fully saturated rings. The van der Waals surface area contributed by atoms with Crippen molar-refractivity contribution in [2.75, 3.05) is 6.54 Å². The van der Waals surface area contributed by atoms with Crippen LogP contribution >= 0.6 is 56.9 Å². The minimum Gasteiger partial charge on any atom is -0.487 e. The number of benzene rings is 2. The van der Waals surface area contributed by atoms with E-state index in [1.165, 1.54) is 12.1 Å². The molecule has 0 saturated carbocycles. The van der Waals surface area contributed by atoms with E-state index in [1.807, 2.05) is 12.1 Å². The van der Waals surface area contributed by atoms with Crippen LogP contribution < -0.4 is 4.74 Å². The summed E-state index contributed by atoms with van der Waals surface area (Å²) in [5.74, 6) is 0.0283. The highest BCUT2D eigenvalue weighted by molar-refractivity contribution is 14.1. The summed E-state index contributed by atoms with van der Waals surface area (Å²) < 4.78 is 21.3. The van der Waals surface area contributed by atoms with Gasteiger partial charge < -0.3 is 4.74 Å². The number of carbonyl (C=O) groups is 2. The lowest BCUT2D eigenvalue weighted by atomic mass is 10.2. The van der Waals surface area contributed by atoms with Crippen LogP contribution in [0.4, 0.5) is 9.18 Å². The number of ether oxygens (including phenoxy) is 1. The van der Waals surface area contributed by atoms with Crippen LogP contribution in [0.25, 0.3) is 6.08 Å². The second-order valence-electron chi connectivity index (χ2n) is 5.77. The fourth-order valence-corrected chi connectivity index (χ4v) is 5.48. The number of halogens is 3. The summed E-state index contributed by atoms with van der Waals surface area (Å²) in [5.41, 5.74) is 1.27. The lowest BCUT2D eigenvalue weighted by molar-refractivity contribution is -0.122. The molecule has 0 N–H and O–H groups in total. The lowest BCUT2D eigenvalue weighted by Crippen LogP contribution is -2.27. The van der Waals surface area contributed by atoms with Gasteiger partial charge in [-0.3, -0.25) is 14.5 Å². The van der Waals surface area contributed by atoms with Gasteiger partial charge in [-0.15, -0.1) is 6.58 Å². The first-order valence-corrected chi connectivity index (χ1v) is 11.1. The molecule has 0 atom stereocenters. The number of nitrogens with zero attached hydrogens (tertiary/aromatic N) is 1. The second-order valence-corrected chi connectivity index (χ2v) is 9.09. The lowest BCUT2D eigenvalue weighted by Gasteiger charge is -2.12. The van der Waals surface area contributed by atoms with Gasteiger partial charge in [0.25, 0.3) is 11.1 Å². The molecule has 8 heteroatoms. The summed E-state index contributed by atoms with van der Waals surface area (Å²) in [4.78, 5) is 25.8. The third kappa shape index (κ3) is 4.77. The average Bonchev–Trinajstić information content (AvgIpc) is 2.90. The van der Waals surface area contributed by atoms with Crippen molar-refractivity contribution in [3.05, 3.63) is 78.0 Å². The molecular weight excluding hydrogens is 607 g/mol. The Bertz CT molecular complexity index is 970. The van der Waals surface area contributed by atoms with Crippen molar-refractivity contribution in [2.24, 2.45) is 0 Å². The molecule has 3 rings (SSSR count). The number of hydrogen-bond acceptors (Lipinski definition) is 4. The highest BCUT2D eigenvalue weighted by Crippen LogP contribution is 2.35. The molecule has 2 aromatic rings. The summed E-state index contributed by atoms with van der Waals surface area (Å²) >= 11 is 5.20. The number of rotatable bonds is 6. The molecule has 2 aromatic carbocycles. The zero-order valence-electron chi connectivity index (χ0n) is 14.5. The van der Waals surface area contributed by atoms with E-state index < -0.39 is 0 Å². The average molecular weight is 621 g/mol. The minimum absolute atomic E-state index is 0.123. The van der Waals surface area contributed by atoms with Crippen molar-refractivity contribution in [3.63, 3.8) is 0 Å². The monoisotopic (exact) mass is 621 g/mol. The van der Waals surface area contributed by atoms with Crippen LogP contribution in [0.1, 0.15) is 11.1 Å². The molecule has 4 nitrogen and oxygen atoms in total. The molecule has 28 heavy (non-hydrogen) atoms. The molecule has 0 bridgehead atoms. The summed E-state index contributed by atoms with van der Waals surface area (Å²) in [6.45, 7) is 3.88. The molecule has 144 valence electrons. The summed E-state index contributed by atoms with van der Waals surface area (Å²) in [6, 6.07) is 10.2. The quantitative estimate of drug-likeness (QED) is 0.231. The van der Waals surface area contributed by atoms with Crippen LogP contribution in [0.15, 0.2) is 54.0 Å². The Kier molecular flexibility index (Phi) is 7.15. The van der Waals surface area contributed by atoms with Gasteiger partial charge in [0.1, 0.15) is 18.2 Å². The molecule has 1 saturated heterocycles. The van der Waals surface area contributed by atoms with E-state index in [2.05, 4.69) is 51.8 Å². The van der Waals surface area contributed by atoms with Crippen molar-refractivity contribution in [1.82, 2.24) is 4.90 Å². The predicted molar refractivity (Wildman–Crippen MR) is 125 cm³/mol. The van der Waals surface area contributed by atoms with Gasteiger partial charge in [-0.1, -0.05) is 24.3 Å². The molecule has 0 aromatic heterocycles. The van der Waals surface area contributed by atoms with E-state index in [-0.39, 0.29) is 30.1 Å². The number of amides is 2. The second kappa shape index (κ2) is 9.40. The van der Waals surface area contributed by atoms with Crippen LogP contribution in [0.5, 0.6) is 5.75 Å². The molecule has 2 amide bonds. The Balaban J connectivity index is 1.80. The first kappa shape index (κ1) is 21.3. The molecule has 0 unspecified atom stereocenters. The van der Waals surface area contributed by atoms with Gasteiger partial charge >= 0.3 is 0 Å². The first-order valence-electron chi connectivity index (χ1n) is 8.12. The maximum Gasteiger partial charge on any atom is 0.293 e. The van der Waals surface area contributed by atoms with Crippen LogP contribution in [-0.2, 0) is 11.4 Å². The van der Waals surface area contributed by atoms with E-state index in [0.717, 1.165) is 29.4 Å². The number of thioether (sulfide) groups is 1. The SMILES string of the molecule is C=CCN1C(=O)S/C(=C/c2cc(I)c(OCc3ccccc3F)c(I)c2)C1=O. The largest absolute Gasteiger partial charge is 0.487 e. The van der Waals surface area contributed by atoms with Crippen LogP contribution in [0, 0.1) is 13.0 Å². The van der Waals surface area contributed by atoms with Crippen molar-refractivity contribution in [2.45, 2.75) is 6.61 Å². The minimum atomic E-state index is -0.320. The van der Waals surface area contributed by atoms with Crippen LogP contribution in [0.2, 0.25) is 0 Å². The topological polar surface area (TPSA) is 46.6 Å². The fourth-order valence-electron chi connectivity index (χ4n) is 2.50. The zero-order valence-corrected chi connectivity index (χ0v) is 19.6. The van der Waals surface area contributed by atoms with Crippen molar-refractivity contribution in [3.8, 4) is 5.75 Å². The summed E-state index contributed by atoms with van der Waals surface area (Å²) in [7, 11) is 0. The normalized spacial score (nSPS) is 15.4. The van der Waals surface area contributed by atoms with E-state index in [4.69, 9.17) is 4.74 Å². The van der Waals surface area contributed by atoms with Gasteiger partial charge in [0, 0.05) is 12.1 Å². The van der Waals surface area contributed by atoms with Crippen molar-refractivity contribution < 1.29 is 18.7 Å². The zero-order chi connectivity index (χ0) is 20.3. The number of carbonyl (C=O) groups excluding carboxylic acids is 2. The maximum absolute atomic E-state index is 13.8. The molecule has 0 radical (unpaired) electrons. The molecule has 1 aliphatic heterocycles. The Hall–Kier alpha value is -1.40. The molecular formula is C20H14FI2NO3S. The third-order valence-corrected chi connectivity index (χ3v) is 6.34. The predicted octanol–water partition coefficient (Wildman–Crippen LogP) is 5.84. The van der Waals surface area contributed by atoms with Gasteiger partial charge in [0.05, 0.1) is 12.0 Å². The molecule has 1 aliphatic rings. The Morgan fingerprint density at radius 1 is 1.18 bits per heavy atom. The van der Waals surface area contributed by atoms with E-state index in [9.17, 15) is 14.0 Å². The highest BCUT2D eigenvalue weighted by Gasteiger charge is 2.34. The Morgan fingerprint density at radius 2 is 1.86 bits per heavy atom. The van der Waals surface area contributed by atoms with Gasteiger partial charge in [-0.05, 0) is 86.8 Å². The Labute approximate surface area is 193 Å². The smallest absolute Gasteiger partial charge is 0.293 e. The summed E-state index contributed by atoms with van der Waals surface area (Å²) in [6.07, 6.45) is 3.21. The van der Waals surface area contributed by atoms with Crippen LogP contribution in [-0.4, -0.2) is 22.6 Å². The highest BCUT2D eigenvalue weighted by atomic mass is 127. The van der Waals surface area contributed by atoms with Crippen LogP contribution in [0.3, 0.4) is 0 Å². The summed E-state index contributed by atoms with van der Waals surface area (Å²) in [5, 5.41) is -0.301. The standard InChI is InChI=1S/C20H14FI2NO3S/c1-2-7-24-19(25)17(28-20(24)26)10-12-8-15(22)18(16(23)9-12)27-11-13-5-3-4-6-14(13)21/h2-6,8-10H,1,7,11H2/b17-10+. The van der Waals surface area contributed by atoms with Crippen molar-refractivity contribution in [1.29, 1.82) is 0 Å². The molecule has 0 aliphatic carbocycles. The maximum atomic E-state index is 13.8. The number of hydrogen-bond donors (Lipinski definition) is 0. The van der Waals surface area contributed by atoms with Crippen molar-refractivity contribution >= 4 is 74.2 Å². The molecule has 1 heterocycles. The third-order valence-electron chi connectivity index (χ3n) is 3.83. The number of imide groups is 1. The van der Waals surface area contributed by atoms with Gasteiger partial charge in [-0.25, -0.2) is 4.39 Å². The fraction of sp³-hybridized carbons (Fsp3) is 0.100. The van der Waals surface area contributed by atoms with E-state index >= 15 is 0 Å².